The topological polar surface area (TPSA) is 71.1 Å². The number of aromatic nitrogens is 1. The van der Waals surface area contributed by atoms with Gasteiger partial charge >= 0.3 is 0 Å². The van der Waals surface area contributed by atoms with E-state index in [-0.39, 0.29) is 11.7 Å². The number of sulfonamides is 1. The Bertz CT molecular complexity index is 484. The minimum atomic E-state index is -3.34. The monoisotopic (exact) mass is 289 g/mol. The van der Waals surface area contributed by atoms with Gasteiger partial charge in [0.1, 0.15) is 5.82 Å². The Kier molecular flexibility index (Phi) is 4.42. The fourth-order valence-corrected chi connectivity index (χ4v) is 3.55. The first-order valence-corrected chi connectivity index (χ1v) is 7.91. The van der Waals surface area contributed by atoms with Gasteiger partial charge in [0.25, 0.3) is 0 Å². The molecule has 1 saturated heterocycles. The highest BCUT2D eigenvalue weighted by molar-refractivity contribution is 7.92. The molecular weight excluding hydrogens is 274 g/mol. The Hall–Kier alpha value is -0.850. The van der Waals surface area contributed by atoms with E-state index in [0.29, 0.717) is 10.8 Å². The van der Waals surface area contributed by atoms with Crippen molar-refractivity contribution in [3.8, 4) is 0 Å². The van der Waals surface area contributed by atoms with E-state index in [4.69, 9.17) is 11.6 Å². The summed E-state index contributed by atoms with van der Waals surface area (Å²) in [7, 11) is -3.34. The molecule has 1 unspecified atom stereocenters. The molecule has 1 fully saturated rings. The number of pyridine rings is 1. The lowest BCUT2D eigenvalue weighted by Gasteiger charge is -2.22. The van der Waals surface area contributed by atoms with Crippen LogP contribution in [-0.2, 0) is 10.0 Å². The Morgan fingerprint density at radius 3 is 2.94 bits per heavy atom. The summed E-state index contributed by atoms with van der Waals surface area (Å²) < 4.78 is 26.3. The molecule has 0 saturated carbocycles. The largest absolute Gasteiger partial charge is 0.316 e. The van der Waals surface area contributed by atoms with Crippen LogP contribution >= 0.6 is 11.6 Å². The van der Waals surface area contributed by atoms with Crippen molar-refractivity contribution in [2.24, 2.45) is 5.92 Å². The molecule has 0 spiro atoms. The number of rotatable bonds is 4. The van der Waals surface area contributed by atoms with Gasteiger partial charge in [-0.1, -0.05) is 11.6 Å². The van der Waals surface area contributed by atoms with Crippen LogP contribution in [0, 0.1) is 5.92 Å². The molecule has 5 nitrogen and oxygen atoms in total. The Balaban J connectivity index is 1.96. The number of piperidine rings is 1. The lowest BCUT2D eigenvalue weighted by molar-refractivity contribution is 0.404. The molecule has 100 valence electrons. The molecule has 0 aromatic carbocycles. The first kappa shape index (κ1) is 13.6. The molecule has 2 N–H and O–H groups in total. The van der Waals surface area contributed by atoms with Crippen molar-refractivity contribution in [2.75, 3.05) is 23.6 Å². The summed E-state index contributed by atoms with van der Waals surface area (Å²) in [4.78, 5) is 3.92. The van der Waals surface area contributed by atoms with Crippen molar-refractivity contribution in [3.63, 3.8) is 0 Å². The normalized spacial score (nSPS) is 20.6. The molecule has 1 atom stereocenters. The van der Waals surface area contributed by atoms with Gasteiger partial charge in [0, 0.05) is 6.20 Å². The van der Waals surface area contributed by atoms with Gasteiger partial charge in [-0.3, -0.25) is 4.72 Å². The zero-order valence-corrected chi connectivity index (χ0v) is 11.5. The third-order valence-corrected chi connectivity index (χ3v) is 4.50. The van der Waals surface area contributed by atoms with Crippen molar-refractivity contribution < 1.29 is 8.42 Å². The molecule has 0 aliphatic carbocycles. The van der Waals surface area contributed by atoms with Gasteiger partial charge in [0.2, 0.25) is 10.0 Å². The molecule has 0 bridgehead atoms. The zero-order chi connectivity index (χ0) is 13.0. The summed E-state index contributed by atoms with van der Waals surface area (Å²) in [5.74, 6) is 0.608. The van der Waals surface area contributed by atoms with Crippen LogP contribution in [0.1, 0.15) is 12.8 Å². The van der Waals surface area contributed by atoms with Crippen LogP contribution < -0.4 is 10.0 Å². The van der Waals surface area contributed by atoms with Crippen LogP contribution in [-0.4, -0.2) is 32.2 Å². The predicted octanol–water partition coefficient (Wildman–Crippen LogP) is 1.48. The average Bonchev–Trinajstić information content (AvgIpc) is 2.32. The highest BCUT2D eigenvalue weighted by atomic mass is 35.5. The highest BCUT2D eigenvalue weighted by Crippen LogP contribution is 2.15. The predicted molar refractivity (Wildman–Crippen MR) is 72.3 cm³/mol. The maximum Gasteiger partial charge on any atom is 0.234 e. The van der Waals surface area contributed by atoms with Crippen LogP contribution in [0.4, 0.5) is 5.82 Å². The molecule has 0 amide bonds. The van der Waals surface area contributed by atoms with Gasteiger partial charge in [-0.25, -0.2) is 13.4 Å². The Labute approximate surface area is 112 Å². The maximum absolute atomic E-state index is 11.9. The molecule has 0 radical (unpaired) electrons. The van der Waals surface area contributed by atoms with Gasteiger partial charge in [-0.15, -0.1) is 0 Å². The van der Waals surface area contributed by atoms with Crippen LogP contribution in [0.3, 0.4) is 0 Å². The molecule has 1 aromatic heterocycles. The number of nitrogens with zero attached hydrogens (tertiary/aromatic N) is 1. The summed E-state index contributed by atoms with van der Waals surface area (Å²) in [6.45, 7) is 1.73. The van der Waals surface area contributed by atoms with E-state index >= 15 is 0 Å². The lowest BCUT2D eigenvalue weighted by atomic mass is 10.0. The molecule has 2 heterocycles. The van der Waals surface area contributed by atoms with Crippen molar-refractivity contribution in [1.82, 2.24) is 10.3 Å². The number of hydrogen-bond donors (Lipinski definition) is 2. The Morgan fingerprint density at radius 1 is 1.50 bits per heavy atom. The van der Waals surface area contributed by atoms with Crippen molar-refractivity contribution >= 4 is 27.4 Å². The van der Waals surface area contributed by atoms with E-state index in [1.807, 2.05) is 0 Å². The van der Waals surface area contributed by atoms with E-state index in [1.54, 1.807) is 12.1 Å². The third-order valence-electron chi connectivity index (χ3n) is 2.84. The average molecular weight is 290 g/mol. The first-order chi connectivity index (χ1) is 8.55. The van der Waals surface area contributed by atoms with Gasteiger partial charge in [-0.05, 0) is 44.0 Å². The number of anilines is 1. The van der Waals surface area contributed by atoms with Gasteiger partial charge in [0.15, 0.2) is 0 Å². The van der Waals surface area contributed by atoms with Crippen LogP contribution in [0.15, 0.2) is 18.3 Å². The van der Waals surface area contributed by atoms with Crippen LogP contribution in [0.2, 0.25) is 5.02 Å². The molecule has 7 heteroatoms. The second-order valence-corrected chi connectivity index (χ2v) is 6.66. The molecular formula is C11H16ClN3O2S. The summed E-state index contributed by atoms with van der Waals surface area (Å²) in [5, 5.41) is 3.68. The van der Waals surface area contributed by atoms with E-state index in [9.17, 15) is 8.42 Å². The van der Waals surface area contributed by atoms with Crippen LogP contribution in [0.5, 0.6) is 0 Å². The van der Waals surface area contributed by atoms with E-state index in [0.717, 1.165) is 25.9 Å². The van der Waals surface area contributed by atoms with Gasteiger partial charge in [0.05, 0.1) is 10.8 Å². The minimum Gasteiger partial charge on any atom is -0.316 e. The molecule has 1 aliphatic heterocycles. The third kappa shape index (κ3) is 4.12. The van der Waals surface area contributed by atoms with Crippen molar-refractivity contribution in [2.45, 2.75) is 12.8 Å². The number of halogens is 1. The van der Waals surface area contributed by atoms with E-state index in [2.05, 4.69) is 15.0 Å². The first-order valence-electron chi connectivity index (χ1n) is 5.88. The minimum absolute atomic E-state index is 0.129. The SMILES string of the molecule is O=S(=O)(CC1CCCNC1)Nc1ccc(Cl)cn1. The molecule has 2 rings (SSSR count). The standard InChI is InChI=1S/C11H16ClN3O2S/c12-10-3-4-11(14-7-10)15-18(16,17)8-9-2-1-5-13-6-9/h3-4,7,9,13H,1-2,5-6,8H2,(H,14,15). The second-order valence-electron chi connectivity index (χ2n) is 4.46. The molecule has 1 aliphatic rings. The number of nitrogens with one attached hydrogen (secondary N) is 2. The Morgan fingerprint density at radius 2 is 2.33 bits per heavy atom. The van der Waals surface area contributed by atoms with Crippen molar-refractivity contribution in [1.29, 1.82) is 0 Å². The summed E-state index contributed by atoms with van der Waals surface area (Å²) in [6.07, 6.45) is 3.39. The maximum atomic E-state index is 11.9. The van der Waals surface area contributed by atoms with E-state index in [1.165, 1.54) is 6.20 Å². The fourth-order valence-electron chi connectivity index (χ4n) is 2.01. The quantitative estimate of drug-likeness (QED) is 0.881. The van der Waals surface area contributed by atoms with Crippen molar-refractivity contribution in [3.05, 3.63) is 23.4 Å². The lowest BCUT2D eigenvalue weighted by Crippen LogP contribution is -2.35. The highest BCUT2D eigenvalue weighted by Gasteiger charge is 2.21. The summed E-state index contributed by atoms with van der Waals surface area (Å²) in [5.41, 5.74) is 0. The summed E-state index contributed by atoms with van der Waals surface area (Å²) >= 11 is 5.69. The molecule has 1 aromatic rings. The van der Waals surface area contributed by atoms with Gasteiger partial charge in [-0.2, -0.15) is 0 Å². The summed E-state index contributed by atoms with van der Waals surface area (Å²) in [6, 6.07) is 3.16. The smallest absolute Gasteiger partial charge is 0.234 e. The second kappa shape index (κ2) is 5.86. The van der Waals surface area contributed by atoms with E-state index < -0.39 is 10.0 Å². The molecule has 18 heavy (non-hydrogen) atoms. The number of hydrogen-bond acceptors (Lipinski definition) is 4. The zero-order valence-electron chi connectivity index (χ0n) is 9.89. The fraction of sp³-hybridized carbons (Fsp3) is 0.545. The van der Waals surface area contributed by atoms with Gasteiger partial charge < -0.3 is 5.32 Å². The van der Waals surface area contributed by atoms with Crippen LogP contribution in [0.25, 0.3) is 0 Å².